The van der Waals surface area contributed by atoms with E-state index in [1.807, 2.05) is 0 Å². The smallest absolute Gasteiger partial charge is 0.435 e. The molecule has 6 rings (SSSR count). The molecule has 15 heteroatoms. The zero-order chi connectivity index (χ0) is 33.7. The molecule has 0 bridgehead atoms. The van der Waals surface area contributed by atoms with Crippen molar-refractivity contribution in [2.75, 3.05) is 6.54 Å². The van der Waals surface area contributed by atoms with Crippen molar-refractivity contribution in [3.63, 3.8) is 0 Å². The first kappa shape index (κ1) is 32.7. The van der Waals surface area contributed by atoms with Crippen LogP contribution in [0.2, 0.25) is 0 Å². The number of halogens is 8. The predicted molar refractivity (Wildman–Crippen MR) is 145 cm³/mol. The lowest BCUT2D eigenvalue weighted by molar-refractivity contribution is -0.348. The number of rotatable bonds is 5. The summed E-state index contributed by atoms with van der Waals surface area (Å²) in [6, 6.07) is 4.24. The second-order valence-corrected chi connectivity index (χ2v) is 15.3. The molecule has 2 saturated carbocycles. The van der Waals surface area contributed by atoms with E-state index in [2.05, 4.69) is 0 Å². The van der Waals surface area contributed by atoms with E-state index in [-0.39, 0.29) is 59.6 Å². The summed E-state index contributed by atoms with van der Waals surface area (Å²) in [4.78, 5) is 26.3. The number of amides is 1. The number of likely N-dealkylation sites (tertiary alicyclic amines) is 1. The topological polar surface area (TPSA) is 91.8 Å². The molecule has 1 heterocycles. The molecule has 4 aliphatic rings. The Hall–Kier alpha value is -3.23. The van der Waals surface area contributed by atoms with Gasteiger partial charge in [-0.25, -0.2) is 17.2 Å². The first-order valence-corrected chi connectivity index (χ1v) is 16.3. The molecule has 1 aliphatic heterocycles. The van der Waals surface area contributed by atoms with Crippen molar-refractivity contribution in [3.8, 4) is 0 Å². The zero-order valence-corrected chi connectivity index (χ0v) is 24.9. The molecular weight excluding hydrogens is 650 g/mol. The highest BCUT2D eigenvalue weighted by Gasteiger charge is 2.74. The Balaban J connectivity index is 1.43. The first-order chi connectivity index (χ1) is 21.3. The van der Waals surface area contributed by atoms with Crippen LogP contribution in [0.15, 0.2) is 47.4 Å². The Kier molecular flexibility index (Phi) is 7.38. The van der Waals surface area contributed by atoms with Crippen molar-refractivity contribution in [3.05, 3.63) is 65.0 Å². The van der Waals surface area contributed by atoms with E-state index < -0.39 is 67.8 Å². The molecule has 250 valence electrons. The standard InChI is InChI=1S/C31H29F8NO5S/c32-21-4-6-22(7-5-21)46(44,45)28-10-1-11-40(25(41)18-13-27(14-18)15-19(16-27)26(42)43)24(28)9-2-17-12-20(3-8-23(17)28)29(33,30(34,35)36)31(37,38)39/h3-8,12,18-19,24H,1-2,9-11,13-16H2,(H,42,43). The summed E-state index contributed by atoms with van der Waals surface area (Å²) >= 11 is 0. The monoisotopic (exact) mass is 679 g/mol. The zero-order valence-electron chi connectivity index (χ0n) is 24.1. The number of hydrogen-bond acceptors (Lipinski definition) is 4. The third-order valence-corrected chi connectivity index (χ3v) is 13.1. The number of carboxylic acid groups (broad SMARTS) is 1. The number of aryl methyl sites for hydroxylation is 1. The molecule has 3 aliphatic carbocycles. The van der Waals surface area contributed by atoms with Crippen LogP contribution in [0.5, 0.6) is 0 Å². The number of carbonyl (C=O) groups excluding carboxylic acids is 1. The number of benzene rings is 2. The Morgan fingerprint density at radius 1 is 0.870 bits per heavy atom. The van der Waals surface area contributed by atoms with Gasteiger partial charge >= 0.3 is 24.0 Å². The minimum Gasteiger partial charge on any atom is -0.481 e. The van der Waals surface area contributed by atoms with Crippen LogP contribution in [0.25, 0.3) is 0 Å². The summed E-state index contributed by atoms with van der Waals surface area (Å²) in [5, 5.41) is 9.24. The summed E-state index contributed by atoms with van der Waals surface area (Å²) in [5.74, 6) is -3.01. The maximum atomic E-state index is 15.1. The molecule has 1 N–H and O–H groups in total. The fraction of sp³-hybridized carbons (Fsp3) is 0.548. The van der Waals surface area contributed by atoms with Crippen LogP contribution in [-0.2, 0) is 36.3 Å². The van der Waals surface area contributed by atoms with Crippen LogP contribution in [0, 0.1) is 23.1 Å². The highest BCUT2D eigenvalue weighted by Crippen LogP contribution is 2.62. The van der Waals surface area contributed by atoms with Crippen LogP contribution >= 0.6 is 0 Å². The molecule has 2 aromatic carbocycles. The van der Waals surface area contributed by atoms with Crippen LogP contribution in [0.4, 0.5) is 35.1 Å². The van der Waals surface area contributed by atoms with Gasteiger partial charge in [0.25, 0.3) is 0 Å². The molecule has 2 unspecified atom stereocenters. The minimum atomic E-state index is -6.37. The highest BCUT2D eigenvalue weighted by atomic mass is 32.2. The van der Waals surface area contributed by atoms with Gasteiger partial charge in [-0.15, -0.1) is 0 Å². The highest BCUT2D eigenvalue weighted by molar-refractivity contribution is 7.92. The number of alkyl halides is 7. The van der Waals surface area contributed by atoms with Gasteiger partial charge in [0.05, 0.1) is 16.9 Å². The number of aliphatic carboxylic acids is 1. The van der Waals surface area contributed by atoms with Gasteiger partial charge in [-0.2, -0.15) is 26.3 Å². The van der Waals surface area contributed by atoms with Gasteiger partial charge in [-0.05, 0) is 92.2 Å². The minimum absolute atomic E-state index is 0.112. The number of sulfone groups is 1. The molecule has 46 heavy (non-hydrogen) atoms. The fourth-order valence-corrected chi connectivity index (χ4v) is 10.9. The van der Waals surface area contributed by atoms with E-state index in [0.29, 0.717) is 37.8 Å². The van der Waals surface area contributed by atoms with Crippen LogP contribution in [0.1, 0.15) is 61.6 Å². The summed E-state index contributed by atoms with van der Waals surface area (Å²) in [6.45, 7) is 0.147. The van der Waals surface area contributed by atoms with Gasteiger partial charge < -0.3 is 10.0 Å². The summed E-state index contributed by atoms with van der Waals surface area (Å²) in [6.07, 6.45) is -11.5. The molecule has 0 radical (unpaired) electrons. The number of fused-ring (bicyclic) bond motifs is 3. The Bertz CT molecular complexity index is 1660. The maximum Gasteiger partial charge on any atom is 0.435 e. The SMILES string of the molecule is O=C(O)C1CC2(C1)CC(C(=O)N1CCCC3(S(=O)(=O)c4ccc(F)cc4)c4ccc(C(F)(C(F)(F)F)C(F)(F)F)cc4CCC13)C2. The van der Waals surface area contributed by atoms with Gasteiger partial charge in [0.1, 0.15) is 10.6 Å². The van der Waals surface area contributed by atoms with Crippen LogP contribution in [0.3, 0.4) is 0 Å². The first-order valence-electron chi connectivity index (χ1n) is 14.8. The van der Waals surface area contributed by atoms with E-state index in [1.54, 1.807) is 0 Å². The second-order valence-electron chi connectivity index (χ2n) is 13.1. The number of carboxylic acids is 1. The maximum absolute atomic E-state index is 15.1. The number of nitrogens with zero attached hydrogens (tertiary/aromatic N) is 1. The number of piperidine rings is 1. The molecule has 1 amide bonds. The molecule has 0 aromatic heterocycles. The predicted octanol–water partition coefficient (Wildman–Crippen LogP) is 6.61. The van der Waals surface area contributed by atoms with E-state index >= 15 is 4.39 Å². The van der Waals surface area contributed by atoms with Gasteiger partial charge in [0.2, 0.25) is 5.91 Å². The average molecular weight is 680 g/mol. The second kappa shape index (κ2) is 10.4. The molecule has 2 atom stereocenters. The molecule has 1 spiro atoms. The lowest BCUT2D eigenvalue weighted by atomic mass is 9.48. The van der Waals surface area contributed by atoms with Crippen molar-refractivity contribution in [2.24, 2.45) is 17.3 Å². The van der Waals surface area contributed by atoms with Gasteiger partial charge in [-0.3, -0.25) is 9.59 Å². The van der Waals surface area contributed by atoms with E-state index in [9.17, 15) is 53.8 Å². The van der Waals surface area contributed by atoms with E-state index in [0.717, 1.165) is 30.3 Å². The van der Waals surface area contributed by atoms with Crippen molar-refractivity contribution in [1.82, 2.24) is 4.90 Å². The van der Waals surface area contributed by atoms with Crippen molar-refractivity contribution in [2.45, 2.75) is 85.1 Å². The van der Waals surface area contributed by atoms with Crippen LogP contribution in [-0.4, -0.2) is 55.2 Å². The molecule has 1 saturated heterocycles. The lowest BCUT2D eigenvalue weighted by Gasteiger charge is -2.58. The average Bonchev–Trinajstić information content (AvgIpc) is 2.93. The van der Waals surface area contributed by atoms with Crippen molar-refractivity contribution in [1.29, 1.82) is 0 Å². The molecule has 2 aromatic rings. The molecular formula is C31H29F8NO5S. The summed E-state index contributed by atoms with van der Waals surface area (Å²) < 4.78 is 138. The molecule has 6 nitrogen and oxygen atoms in total. The van der Waals surface area contributed by atoms with Crippen molar-refractivity contribution < 1.29 is 58.2 Å². The Labute approximate surface area is 258 Å². The Morgan fingerprint density at radius 2 is 1.46 bits per heavy atom. The van der Waals surface area contributed by atoms with E-state index in [4.69, 9.17) is 0 Å². The van der Waals surface area contributed by atoms with Gasteiger partial charge in [-0.1, -0.05) is 18.2 Å². The van der Waals surface area contributed by atoms with Crippen molar-refractivity contribution >= 4 is 21.7 Å². The Morgan fingerprint density at radius 3 is 2.02 bits per heavy atom. The largest absolute Gasteiger partial charge is 0.481 e. The molecule has 3 fully saturated rings. The third kappa shape index (κ3) is 4.57. The number of hydrogen-bond donors (Lipinski definition) is 1. The fourth-order valence-electron chi connectivity index (χ4n) is 8.43. The summed E-state index contributed by atoms with van der Waals surface area (Å²) in [7, 11) is -4.60. The quantitative estimate of drug-likeness (QED) is 0.284. The van der Waals surface area contributed by atoms with Gasteiger partial charge in [0, 0.05) is 18.0 Å². The van der Waals surface area contributed by atoms with Gasteiger partial charge in [0.15, 0.2) is 9.84 Å². The third-order valence-electron chi connectivity index (χ3n) is 10.6. The van der Waals surface area contributed by atoms with Crippen LogP contribution < -0.4 is 0 Å². The normalized spacial score (nSPS) is 29.7. The van der Waals surface area contributed by atoms with E-state index in [1.165, 1.54) is 4.90 Å². The number of carbonyl (C=O) groups is 2. The summed E-state index contributed by atoms with van der Waals surface area (Å²) in [5.41, 5.74) is -8.08. The lowest BCUT2D eigenvalue weighted by Crippen LogP contribution is -2.64.